The van der Waals surface area contributed by atoms with Crippen LogP contribution >= 0.6 is 11.3 Å². The fraction of sp³-hybridized carbons (Fsp3) is 0.423. The Labute approximate surface area is 208 Å². The third-order valence-electron chi connectivity index (χ3n) is 7.31. The number of likely N-dealkylation sites (tertiary alicyclic amines) is 2. The maximum absolute atomic E-state index is 12.9. The van der Waals surface area contributed by atoms with Gasteiger partial charge >= 0.3 is 0 Å². The molecule has 35 heavy (non-hydrogen) atoms. The summed E-state index contributed by atoms with van der Waals surface area (Å²) in [4.78, 5) is 50.2. The number of amides is 3. The van der Waals surface area contributed by atoms with Gasteiger partial charge in [0.15, 0.2) is 0 Å². The van der Waals surface area contributed by atoms with Crippen LogP contribution in [0.2, 0.25) is 0 Å². The number of carbonyl (C=O) groups is 3. The van der Waals surface area contributed by atoms with Crippen LogP contribution in [0.4, 0.5) is 5.82 Å². The molecular weight excluding hydrogens is 462 g/mol. The summed E-state index contributed by atoms with van der Waals surface area (Å²) >= 11 is 1.62. The van der Waals surface area contributed by atoms with Crippen LogP contribution in [0.3, 0.4) is 0 Å². The monoisotopic (exact) mass is 491 g/mol. The molecule has 2 aromatic heterocycles. The average Bonchev–Trinajstić information content (AvgIpc) is 3.33. The molecule has 0 radical (unpaired) electrons. The van der Waals surface area contributed by atoms with Gasteiger partial charge in [-0.1, -0.05) is 5.57 Å². The molecule has 1 N–H and O–H groups in total. The average molecular weight is 492 g/mol. The van der Waals surface area contributed by atoms with Crippen molar-refractivity contribution in [1.29, 1.82) is 0 Å². The van der Waals surface area contributed by atoms with Crippen molar-refractivity contribution in [3.63, 3.8) is 0 Å². The Morgan fingerprint density at radius 1 is 1.14 bits per heavy atom. The van der Waals surface area contributed by atoms with Gasteiger partial charge in [-0.25, -0.2) is 9.97 Å². The molecule has 2 saturated heterocycles. The topological polar surface area (TPSA) is 95.5 Å². The van der Waals surface area contributed by atoms with Gasteiger partial charge < -0.3 is 15.1 Å². The minimum atomic E-state index is -0.592. The molecule has 0 bridgehead atoms. The summed E-state index contributed by atoms with van der Waals surface area (Å²) in [5.74, 6) is 0.597. The van der Waals surface area contributed by atoms with E-state index in [1.807, 2.05) is 16.3 Å². The number of fused-ring (bicyclic) bond motifs is 1. The molecule has 3 aliphatic rings. The fourth-order valence-corrected chi connectivity index (χ4v) is 5.65. The number of aromatic nitrogens is 2. The van der Waals surface area contributed by atoms with E-state index in [1.54, 1.807) is 47.8 Å². The number of thiazole rings is 1. The van der Waals surface area contributed by atoms with Crippen molar-refractivity contribution in [1.82, 2.24) is 19.8 Å². The number of hydrogen-bond acceptors (Lipinski definition) is 6. The molecule has 3 aliphatic heterocycles. The van der Waals surface area contributed by atoms with Crippen LogP contribution < -0.4 is 5.32 Å². The summed E-state index contributed by atoms with van der Waals surface area (Å²) in [6.07, 6.45) is 12.8. The summed E-state index contributed by atoms with van der Waals surface area (Å²) in [7, 11) is 1.79. The van der Waals surface area contributed by atoms with E-state index in [4.69, 9.17) is 0 Å². The summed E-state index contributed by atoms with van der Waals surface area (Å²) in [5, 5.41) is 5.93. The highest BCUT2D eigenvalue weighted by Crippen LogP contribution is 2.41. The molecule has 8 nitrogen and oxygen atoms in total. The van der Waals surface area contributed by atoms with Gasteiger partial charge in [-0.15, -0.1) is 11.3 Å². The number of pyridine rings is 1. The molecule has 5 heterocycles. The molecule has 1 unspecified atom stereocenters. The first-order valence-corrected chi connectivity index (χ1v) is 12.9. The van der Waals surface area contributed by atoms with Crippen LogP contribution in [0.15, 0.2) is 35.5 Å². The number of piperidine rings is 1. The standard InChI is InChI=1S/C26H29N5O3S/c1-30-12-8-26(7-4-22(30)32)16-20-14-19(17-28-24(20)29-25(26)34)2-3-23(33)31-10-5-18(6-11-31)15-21-27-9-13-35-21/h2-3,9,13-15,17H,4-8,10-12,16H2,1H3,(H,28,29,34). The zero-order valence-corrected chi connectivity index (χ0v) is 20.6. The number of nitrogens with one attached hydrogen (secondary N) is 1. The van der Waals surface area contributed by atoms with Crippen LogP contribution in [-0.2, 0) is 20.8 Å². The maximum atomic E-state index is 12.9. The maximum Gasteiger partial charge on any atom is 0.246 e. The molecule has 2 aromatic rings. The summed E-state index contributed by atoms with van der Waals surface area (Å²) in [6.45, 7) is 1.97. The van der Waals surface area contributed by atoms with Crippen molar-refractivity contribution < 1.29 is 14.4 Å². The largest absolute Gasteiger partial charge is 0.346 e. The third-order valence-corrected chi connectivity index (χ3v) is 8.04. The van der Waals surface area contributed by atoms with Gasteiger partial charge in [0, 0.05) is 57.0 Å². The lowest BCUT2D eigenvalue weighted by molar-refractivity contribution is -0.129. The van der Waals surface area contributed by atoms with Crippen molar-refractivity contribution in [2.24, 2.45) is 5.41 Å². The van der Waals surface area contributed by atoms with Crippen LogP contribution in [0.1, 0.15) is 48.2 Å². The van der Waals surface area contributed by atoms with E-state index in [0.29, 0.717) is 51.1 Å². The van der Waals surface area contributed by atoms with E-state index in [2.05, 4.69) is 21.4 Å². The van der Waals surface area contributed by atoms with Crippen LogP contribution in [-0.4, -0.2) is 64.2 Å². The van der Waals surface area contributed by atoms with Crippen molar-refractivity contribution >= 4 is 47.0 Å². The van der Waals surface area contributed by atoms with Gasteiger partial charge in [0.05, 0.1) is 5.41 Å². The molecule has 0 saturated carbocycles. The SMILES string of the molecule is CN1CCC2(CCC1=O)Cc1cc(C=CC(=O)N3CCC(=Cc4nccs4)CC3)cnc1NC2=O. The summed E-state index contributed by atoms with van der Waals surface area (Å²) < 4.78 is 0. The first kappa shape index (κ1) is 23.4. The fourth-order valence-electron chi connectivity index (χ4n) is 5.04. The molecule has 0 aromatic carbocycles. The van der Waals surface area contributed by atoms with E-state index >= 15 is 0 Å². The lowest BCUT2D eigenvalue weighted by Crippen LogP contribution is -2.42. The van der Waals surface area contributed by atoms with Gasteiger partial charge in [0.25, 0.3) is 0 Å². The zero-order valence-electron chi connectivity index (χ0n) is 19.8. The highest BCUT2D eigenvalue weighted by atomic mass is 32.1. The Balaban J connectivity index is 1.24. The molecular formula is C26H29N5O3S. The minimum Gasteiger partial charge on any atom is -0.346 e. The lowest BCUT2D eigenvalue weighted by atomic mass is 9.73. The number of nitrogens with zero attached hydrogens (tertiary/aromatic N) is 4. The van der Waals surface area contributed by atoms with Gasteiger partial charge in [0.1, 0.15) is 10.8 Å². The predicted molar refractivity (Wildman–Crippen MR) is 135 cm³/mol. The second kappa shape index (κ2) is 9.73. The molecule has 182 valence electrons. The molecule has 1 spiro atoms. The Morgan fingerprint density at radius 2 is 1.97 bits per heavy atom. The highest BCUT2D eigenvalue weighted by molar-refractivity contribution is 7.10. The molecule has 1 atom stereocenters. The van der Waals surface area contributed by atoms with E-state index in [9.17, 15) is 14.4 Å². The number of hydrogen-bond donors (Lipinski definition) is 1. The predicted octanol–water partition coefficient (Wildman–Crippen LogP) is 3.38. The Bertz CT molecular complexity index is 1200. The second-order valence-corrected chi connectivity index (χ2v) is 10.5. The van der Waals surface area contributed by atoms with E-state index in [-0.39, 0.29) is 17.7 Å². The second-order valence-electron chi connectivity index (χ2n) is 9.58. The normalized spacial score (nSPS) is 22.8. The van der Waals surface area contributed by atoms with Crippen LogP contribution in [0.5, 0.6) is 0 Å². The summed E-state index contributed by atoms with van der Waals surface area (Å²) in [6, 6.07) is 1.99. The molecule has 5 rings (SSSR count). The van der Waals surface area contributed by atoms with E-state index < -0.39 is 5.41 Å². The van der Waals surface area contributed by atoms with Crippen molar-refractivity contribution in [2.75, 3.05) is 32.0 Å². The first-order valence-electron chi connectivity index (χ1n) is 12.0. The van der Waals surface area contributed by atoms with Crippen LogP contribution in [0.25, 0.3) is 12.2 Å². The van der Waals surface area contributed by atoms with Gasteiger partial charge in [-0.05, 0) is 61.4 Å². The van der Waals surface area contributed by atoms with Crippen molar-refractivity contribution in [3.05, 3.63) is 51.6 Å². The minimum absolute atomic E-state index is 0.00823. The molecule has 9 heteroatoms. The molecule has 0 aliphatic carbocycles. The third kappa shape index (κ3) is 5.05. The number of carbonyl (C=O) groups excluding carboxylic acids is 3. The Kier molecular flexibility index (Phi) is 6.51. The van der Waals surface area contributed by atoms with Crippen LogP contribution in [0, 0.1) is 5.41 Å². The van der Waals surface area contributed by atoms with Gasteiger partial charge in [0.2, 0.25) is 17.7 Å². The first-order chi connectivity index (χ1) is 16.9. The summed E-state index contributed by atoms with van der Waals surface area (Å²) in [5.41, 5.74) is 2.51. The molecule has 2 fully saturated rings. The quantitative estimate of drug-likeness (QED) is 0.664. The van der Waals surface area contributed by atoms with Crippen molar-refractivity contribution in [2.45, 2.75) is 38.5 Å². The van der Waals surface area contributed by atoms with E-state index in [0.717, 1.165) is 29.0 Å². The molecule has 3 amide bonds. The number of rotatable bonds is 3. The Morgan fingerprint density at radius 3 is 2.74 bits per heavy atom. The van der Waals surface area contributed by atoms with Gasteiger partial charge in [-0.2, -0.15) is 0 Å². The van der Waals surface area contributed by atoms with Crippen molar-refractivity contribution in [3.8, 4) is 0 Å². The smallest absolute Gasteiger partial charge is 0.246 e. The van der Waals surface area contributed by atoms with Gasteiger partial charge in [-0.3, -0.25) is 14.4 Å². The number of anilines is 1. The van der Waals surface area contributed by atoms with E-state index in [1.165, 1.54) is 5.57 Å². The lowest BCUT2D eigenvalue weighted by Gasteiger charge is -2.35. The highest BCUT2D eigenvalue weighted by Gasteiger charge is 2.44. The zero-order chi connectivity index (χ0) is 24.4. The Hall–Kier alpha value is -3.33.